The zero-order valence-electron chi connectivity index (χ0n) is 12.3. The van der Waals surface area contributed by atoms with Gasteiger partial charge in [-0.3, -0.25) is 4.90 Å². The predicted molar refractivity (Wildman–Crippen MR) is 79.2 cm³/mol. The monoisotopic (exact) mass is 316 g/mol. The van der Waals surface area contributed by atoms with Crippen LogP contribution in [-0.4, -0.2) is 46.3 Å². The van der Waals surface area contributed by atoms with E-state index in [4.69, 9.17) is 4.74 Å². The minimum absolute atomic E-state index is 0.278. The van der Waals surface area contributed by atoms with Gasteiger partial charge in [0.25, 0.3) is 0 Å². The number of nitrogens with one attached hydrogen (secondary N) is 1. The van der Waals surface area contributed by atoms with Crippen LogP contribution in [0.25, 0.3) is 0 Å². The average molecular weight is 316 g/mol. The summed E-state index contributed by atoms with van der Waals surface area (Å²) in [5, 5.41) is 0. The van der Waals surface area contributed by atoms with Crippen molar-refractivity contribution in [3.63, 3.8) is 0 Å². The summed E-state index contributed by atoms with van der Waals surface area (Å²) in [6, 6.07) is 4.50. The lowest BCUT2D eigenvalue weighted by atomic mass is 10.1. The first-order valence-electron chi connectivity index (χ1n) is 6.87. The SMILES string of the molecule is COc1ccc(F)cc1CN1CC[C@@H](CNS(C)(=O)=O)C1. The molecule has 5 nitrogen and oxygen atoms in total. The van der Waals surface area contributed by atoms with Crippen LogP contribution in [0.4, 0.5) is 4.39 Å². The molecule has 0 spiro atoms. The third-order valence-electron chi connectivity index (χ3n) is 3.64. The largest absolute Gasteiger partial charge is 0.496 e. The summed E-state index contributed by atoms with van der Waals surface area (Å²) in [6.07, 6.45) is 2.09. The van der Waals surface area contributed by atoms with E-state index in [1.54, 1.807) is 13.2 Å². The maximum absolute atomic E-state index is 13.3. The number of likely N-dealkylation sites (tertiary alicyclic amines) is 1. The molecule has 0 aliphatic carbocycles. The Hall–Kier alpha value is -1.18. The predicted octanol–water partition coefficient (Wildman–Crippen LogP) is 1.21. The molecule has 1 N–H and O–H groups in total. The van der Waals surface area contributed by atoms with Gasteiger partial charge in [-0.25, -0.2) is 17.5 Å². The highest BCUT2D eigenvalue weighted by atomic mass is 32.2. The Bertz CT molecular complexity index is 592. The van der Waals surface area contributed by atoms with Crippen molar-refractivity contribution in [2.45, 2.75) is 13.0 Å². The van der Waals surface area contributed by atoms with Crippen LogP contribution in [0.1, 0.15) is 12.0 Å². The zero-order valence-corrected chi connectivity index (χ0v) is 13.1. The lowest BCUT2D eigenvalue weighted by Crippen LogP contribution is -2.30. The Morgan fingerprint density at radius 1 is 1.48 bits per heavy atom. The van der Waals surface area contributed by atoms with Gasteiger partial charge >= 0.3 is 0 Å². The number of nitrogens with zero attached hydrogens (tertiary/aromatic N) is 1. The van der Waals surface area contributed by atoms with Crippen molar-refractivity contribution in [3.8, 4) is 5.75 Å². The van der Waals surface area contributed by atoms with Crippen LogP contribution >= 0.6 is 0 Å². The maximum atomic E-state index is 13.3. The summed E-state index contributed by atoms with van der Waals surface area (Å²) in [4.78, 5) is 2.19. The lowest BCUT2D eigenvalue weighted by molar-refractivity contribution is 0.307. The van der Waals surface area contributed by atoms with E-state index in [0.717, 1.165) is 31.3 Å². The minimum Gasteiger partial charge on any atom is -0.496 e. The summed E-state index contributed by atoms with van der Waals surface area (Å²) >= 11 is 0. The maximum Gasteiger partial charge on any atom is 0.208 e. The van der Waals surface area contributed by atoms with Crippen molar-refractivity contribution in [2.24, 2.45) is 5.92 Å². The van der Waals surface area contributed by atoms with E-state index < -0.39 is 10.0 Å². The smallest absolute Gasteiger partial charge is 0.208 e. The molecule has 1 heterocycles. The molecule has 1 aromatic rings. The second-order valence-corrected chi connectivity index (χ2v) is 7.30. The summed E-state index contributed by atoms with van der Waals surface area (Å²) < 4.78 is 43.3. The first kappa shape index (κ1) is 16.2. The Labute approximate surface area is 125 Å². The van der Waals surface area contributed by atoms with Gasteiger partial charge in [-0.05, 0) is 37.1 Å². The molecule has 0 unspecified atom stereocenters. The molecule has 118 valence electrons. The van der Waals surface area contributed by atoms with E-state index in [2.05, 4.69) is 9.62 Å². The minimum atomic E-state index is -3.14. The van der Waals surface area contributed by atoms with Crippen molar-refractivity contribution >= 4 is 10.0 Å². The lowest BCUT2D eigenvalue weighted by Gasteiger charge is -2.18. The van der Waals surface area contributed by atoms with Crippen molar-refractivity contribution in [1.29, 1.82) is 0 Å². The molecule has 0 saturated carbocycles. The fraction of sp³-hybridized carbons (Fsp3) is 0.571. The van der Waals surface area contributed by atoms with Gasteiger partial charge in [0.2, 0.25) is 10.0 Å². The Morgan fingerprint density at radius 2 is 2.24 bits per heavy atom. The Balaban J connectivity index is 1.92. The van der Waals surface area contributed by atoms with Gasteiger partial charge in [0, 0.05) is 25.2 Å². The van der Waals surface area contributed by atoms with Crippen LogP contribution in [0.2, 0.25) is 0 Å². The zero-order chi connectivity index (χ0) is 15.5. The van der Waals surface area contributed by atoms with Crippen molar-refractivity contribution < 1.29 is 17.5 Å². The fourth-order valence-corrected chi connectivity index (χ4v) is 3.14. The van der Waals surface area contributed by atoms with Crippen LogP contribution in [0, 0.1) is 11.7 Å². The quantitative estimate of drug-likeness (QED) is 0.857. The highest BCUT2D eigenvalue weighted by molar-refractivity contribution is 7.88. The van der Waals surface area contributed by atoms with Crippen molar-refractivity contribution in [2.75, 3.05) is 33.0 Å². The number of benzene rings is 1. The van der Waals surface area contributed by atoms with Crippen molar-refractivity contribution in [3.05, 3.63) is 29.6 Å². The van der Waals surface area contributed by atoms with Crippen molar-refractivity contribution in [1.82, 2.24) is 9.62 Å². The number of rotatable bonds is 6. The van der Waals surface area contributed by atoms with Gasteiger partial charge in [-0.15, -0.1) is 0 Å². The first-order valence-corrected chi connectivity index (χ1v) is 8.76. The fourth-order valence-electron chi connectivity index (χ4n) is 2.60. The van der Waals surface area contributed by atoms with E-state index in [0.29, 0.717) is 24.8 Å². The van der Waals surface area contributed by atoms with Crippen LogP contribution in [0.3, 0.4) is 0 Å². The third-order valence-corrected chi connectivity index (χ3v) is 4.33. The van der Waals surface area contributed by atoms with E-state index in [9.17, 15) is 12.8 Å². The molecule has 0 amide bonds. The Morgan fingerprint density at radius 3 is 2.90 bits per heavy atom. The van der Waals surface area contributed by atoms with E-state index in [-0.39, 0.29) is 5.82 Å². The highest BCUT2D eigenvalue weighted by Crippen LogP contribution is 2.24. The van der Waals surface area contributed by atoms with Gasteiger partial charge in [-0.1, -0.05) is 0 Å². The molecule has 0 aromatic heterocycles. The number of ether oxygens (including phenoxy) is 1. The number of hydrogen-bond acceptors (Lipinski definition) is 4. The van der Waals surface area contributed by atoms with Crippen LogP contribution < -0.4 is 9.46 Å². The van der Waals surface area contributed by atoms with Gasteiger partial charge in [0.1, 0.15) is 11.6 Å². The van der Waals surface area contributed by atoms with E-state index >= 15 is 0 Å². The summed E-state index contributed by atoms with van der Waals surface area (Å²) in [7, 11) is -1.57. The summed E-state index contributed by atoms with van der Waals surface area (Å²) in [5.41, 5.74) is 0.814. The first-order chi connectivity index (χ1) is 9.87. The van der Waals surface area contributed by atoms with Crippen LogP contribution in [0.5, 0.6) is 5.75 Å². The molecular formula is C14H21FN2O3S. The van der Waals surface area contributed by atoms with Crippen LogP contribution in [0.15, 0.2) is 18.2 Å². The molecular weight excluding hydrogens is 295 g/mol. The second-order valence-electron chi connectivity index (χ2n) is 5.47. The standard InChI is InChI=1S/C14H21FN2O3S/c1-20-14-4-3-13(15)7-12(14)10-17-6-5-11(9-17)8-16-21(2,18)19/h3-4,7,11,16H,5-6,8-10H2,1-2H3/t11-/m0/s1. The summed E-state index contributed by atoms with van der Waals surface area (Å²) in [6.45, 7) is 2.73. The third kappa shape index (κ3) is 4.94. The second kappa shape index (κ2) is 6.72. The molecule has 1 aliphatic rings. The van der Waals surface area contributed by atoms with Gasteiger partial charge < -0.3 is 4.74 Å². The molecule has 1 atom stereocenters. The highest BCUT2D eigenvalue weighted by Gasteiger charge is 2.24. The molecule has 7 heteroatoms. The molecule has 1 saturated heterocycles. The van der Waals surface area contributed by atoms with Gasteiger partial charge in [0.05, 0.1) is 13.4 Å². The molecule has 21 heavy (non-hydrogen) atoms. The van der Waals surface area contributed by atoms with Crippen LogP contribution in [-0.2, 0) is 16.6 Å². The normalized spacial score (nSPS) is 19.9. The number of halogens is 1. The van der Waals surface area contributed by atoms with E-state index in [1.165, 1.54) is 12.1 Å². The average Bonchev–Trinajstić information content (AvgIpc) is 2.84. The number of methoxy groups -OCH3 is 1. The number of hydrogen-bond donors (Lipinski definition) is 1. The summed E-state index contributed by atoms with van der Waals surface area (Å²) in [5.74, 6) is 0.689. The molecule has 0 radical (unpaired) electrons. The molecule has 1 aromatic carbocycles. The molecule has 2 rings (SSSR count). The number of sulfonamides is 1. The molecule has 0 bridgehead atoms. The van der Waals surface area contributed by atoms with Gasteiger partial charge in [0.15, 0.2) is 0 Å². The molecule has 1 aliphatic heterocycles. The Kier molecular flexibility index (Phi) is 5.18. The molecule has 1 fully saturated rings. The van der Waals surface area contributed by atoms with E-state index in [1.807, 2.05) is 0 Å². The van der Waals surface area contributed by atoms with Gasteiger partial charge in [-0.2, -0.15) is 0 Å². The topological polar surface area (TPSA) is 58.6 Å².